The molecule has 178 valence electrons. The predicted molar refractivity (Wildman–Crippen MR) is 122 cm³/mol. The van der Waals surface area contributed by atoms with Crippen molar-refractivity contribution in [2.45, 2.75) is 32.6 Å². The lowest BCUT2D eigenvalue weighted by Gasteiger charge is -2.36. The van der Waals surface area contributed by atoms with Crippen LogP contribution >= 0.6 is 0 Å². The molecule has 3 N–H and O–H groups in total. The lowest BCUT2D eigenvalue weighted by Crippen LogP contribution is -2.46. The standard InChI is InChI=1S/C24H24F3N5O2/c1-13-11-32(12-14(2)34-13)23-20(15-6-8-16(25)9-7-15)30-22(28)21(31-23)24(33)29-10-17-18(26)4-3-5-19(17)27/h3-9,13-14H,10-12H2,1-2H3,(H2,28,30)(H,29,33). The number of carbonyl (C=O) groups excluding carboxylic acids is 1. The number of nitrogens with one attached hydrogen (secondary N) is 1. The number of halogens is 3. The third-order valence-corrected chi connectivity index (χ3v) is 5.44. The Morgan fingerprint density at radius 3 is 2.29 bits per heavy atom. The van der Waals surface area contributed by atoms with Crippen molar-refractivity contribution in [3.05, 3.63) is 71.2 Å². The van der Waals surface area contributed by atoms with E-state index in [1.807, 2.05) is 18.7 Å². The van der Waals surface area contributed by atoms with Gasteiger partial charge >= 0.3 is 0 Å². The first kappa shape index (κ1) is 23.5. The van der Waals surface area contributed by atoms with Gasteiger partial charge in [0.1, 0.15) is 23.1 Å². The minimum absolute atomic E-state index is 0.106. The van der Waals surface area contributed by atoms with Crippen LogP contribution in [0.15, 0.2) is 42.5 Å². The van der Waals surface area contributed by atoms with Crippen LogP contribution in [0.3, 0.4) is 0 Å². The van der Waals surface area contributed by atoms with E-state index in [-0.39, 0.29) is 35.8 Å². The summed E-state index contributed by atoms with van der Waals surface area (Å²) in [6.45, 7) is 4.42. The van der Waals surface area contributed by atoms with Crippen molar-refractivity contribution < 1.29 is 22.7 Å². The zero-order valence-corrected chi connectivity index (χ0v) is 18.7. The second kappa shape index (κ2) is 9.68. The van der Waals surface area contributed by atoms with Crippen molar-refractivity contribution in [1.82, 2.24) is 15.3 Å². The van der Waals surface area contributed by atoms with Gasteiger partial charge in [-0.2, -0.15) is 0 Å². The molecule has 2 heterocycles. The first-order valence-electron chi connectivity index (χ1n) is 10.8. The molecule has 1 aromatic heterocycles. The van der Waals surface area contributed by atoms with Crippen LogP contribution in [0.1, 0.15) is 29.9 Å². The molecule has 4 rings (SSSR count). The molecule has 10 heteroatoms. The number of nitrogen functional groups attached to an aromatic ring is 1. The number of carbonyl (C=O) groups is 1. The highest BCUT2D eigenvalue weighted by Crippen LogP contribution is 2.31. The molecule has 0 bridgehead atoms. The number of benzene rings is 2. The fourth-order valence-electron chi connectivity index (χ4n) is 3.93. The third kappa shape index (κ3) is 4.96. The number of morpholine rings is 1. The van der Waals surface area contributed by atoms with Crippen molar-refractivity contribution in [1.29, 1.82) is 0 Å². The highest BCUT2D eigenvalue weighted by atomic mass is 19.1. The number of nitrogens with two attached hydrogens (primary N) is 1. The van der Waals surface area contributed by atoms with Crippen molar-refractivity contribution in [3.63, 3.8) is 0 Å². The maximum atomic E-state index is 13.9. The molecular formula is C24H24F3N5O2. The summed E-state index contributed by atoms with van der Waals surface area (Å²) in [5, 5.41) is 2.46. The smallest absolute Gasteiger partial charge is 0.274 e. The number of anilines is 2. The largest absolute Gasteiger partial charge is 0.382 e. The van der Waals surface area contributed by atoms with Gasteiger partial charge in [-0.15, -0.1) is 0 Å². The summed E-state index contributed by atoms with van der Waals surface area (Å²) >= 11 is 0. The first-order valence-corrected chi connectivity index (χ1v) is 10.8. The lowest BCUT2D eigenvalue weighted by atomic mass is 10.1. The fraction of sp³-hybridized carbons (Fsp3) is 0.292. The zero-order chi connectivity index (χ0) is 24.4. The molecule has 2 atom stereocenters. The highest BCUT2D eigenvalue weighted by Gasteiger charge is 2.28. The van der Waals surface area contributed by atoms with E-state index in [4.69, 9.17) is 10.5 Å². The summed E-state index contributed by atoms with van der Waals surface area (Å²) in [6.07, 6.45) is -0.212. The molecule has 34 heavy (non-hydrogen) atoms. The molecule has 3 aromatic rings. The average molecular weight is 471 g/mol. The molecule has 2 aromatic carbocycles. The second-order valence-electron chi connectivity index (χ2n) is 8.18. The molecule has 0 spiro atoms. The molecule has 1 aliphatic heterocycles. The fourth-order valence-corrected chi connectivity index (χ4v) is 3.93. The third-order valence-electron chi connectivity index (χ3n) is 5.44. The number of rotatable bonds is 5. The molecule has 1 amide bonds. The number of amides is 1. The second-order valence-corrected chi connectivity index (χ2v) is 8.18. The molecule has 1 fully saturated rings. The summed E-state index contributed by atoms with van der Waals surface area (Å²) in [6, 6.07) is 9.15. The van der Waals surface area contributed by atoms with Gasteiger partial charge in [-0.1, -0.05) is 6.07 Å². The molecular weight excluding hydrogens is 447 g/mol. The first-order chi connectivity index (χ1) is 16.2. The Kier molecular flexibility index (Phi) is 6.69. The van der Waals surface area contributed by atoms with Crippen LogP contribution < -0.4 is 16.0 Å². The number of aromatic nitrogens is 2. The molecule has 0 aliphatic carbocycles. The van der Waals surface area contributed by atoms with Crippen LogP contribution in [-0.2, 0) is 11.3 Å². The summed E-state index contributed by atoms with van der Waals surface area (Å²) in [5.74, 6) is -2.47. The van der Waals surface area contributed by atoms with Crippen molar-refractivity contribution in [2.75, 3.05) is 23.7 Å². The Labute approximate surface area is 194 Å². The summed E-state index contributed by atoms with van der Waals surface area (Å²) in [7, 11) is 0. The van der Waals surface area contributed by atoms with Crippen LogP contribution in [-0.4, -0.2) is 41.2 Å². The van der Waals surface area contributed by atoms with E-state index < -0.39 is 23.4 Å². The lowest BCUT2D eigenvalue weighted by molar-refractivity contribution is -0.00544. The number of nitrogens with zero attached hydrogens (tertiary/aromatic N) is 3. The molecule has 1 saturated heterocycles. The summed E-state index contributed by atoms with van der Waals surface area (Å²) in [4.78, 5) is 23.7. The van der Waals surface area contributed by atoms with Crippen LogP contribution in [0.25, 0.3) is 11.3 Å². The maximum Gasteiger partial charge on any atom is 0.274 e. The van der Waals surface area contributed by atoms with Crippen LogP contribution in [0, 0.1) is 17.5 Å². The van der Waals surface area contributed by atoms with Gasteiger partial charge in [0.05, 0.1) is 12.2 Å². The maximum absolute atomic E-state index is 13.9. The van der Waals surface area contributed by atoms with Gasteiger partial charge in [-0.05, 0) is 50.2 Å². The van der Waals surface area contributed by atoms with Gasteiger partial charge < -0.3 is 20.7 Å². The van der Waals surface area contributed by atoms with Crippen LogP contribution in [0.4, 0.5) is 24.8 Å². The van der Waals surface area contributed by atoms with Crippen LogP contribution in [0.2, 0.25) is 0 Å². The number of ether oxygens (including phenoxy) is 1. The normalized spacial score (nSPS) is 18.1. The molecule has 7 nitrogen and oxygen atoms in total. The van der Waals surface area contributed by atoms with E-state index in [1.165, 1.54) is 18.2 Å². The van der Waals surface area contributed by atoms with Gasteiger partial charge in [-0.3, -0.25) is 4.79 Å². The van der Waals surface area contributed by atoms with Gasteiger partial charge in [0.25, 0.3) is 5.91 Å². The molecule has 0 radical (unpaired) electrons. The Morgan fingerprint density at radius 1 is 1.06 bits per heavy atom. The summed E-state index contributed by atoms with van der Waals surface area (Å²) < 4.78 is 47.2. The SMILES string of the molecule is CC1CN(c2nc(C(=O)NCc3c(F)cccc3F)c(N)nc2-c2ccc(F)cc2)CC(C)O1. The number of hydrogen-bond acceptors (Lipinski definition) is 6. The Balaban J connectivity index is 1.70. The Bertz CT molecular complexity index is 1180. The van der Waals surface area contributed by atoms with E-state index >= 15 is 0 Å². The van der Waals surface area contributed by atoms with Crippen LogP contribution in [0.5, 0.6) is 0 Å². The minimum atomic E-state index is -0.775. The van der Waals surface area contributed by atoms with Gasteiger partial charge in [-0.25, -0.2) is 23.1 Å². The molecule has 0 saturated carbocycles. The quantitative estimate of drug-likeness (QED) is 0.590. The Morgan fingerprint density at radius 2 is 1.68 bits per heavy atom. The van der Waals surface area contributed by atoms with Gasteiger partial charge in [0.2, 0.25) is 0 Å². The van der Waals surface area contributed by atoms with E-state index in [1.54, 1.807) is 12.1 Å². The van der Waals surface area contributed by atoms with E-state index in [0.717, 1.165) is 12.1 Å². The Hall–Kier alpha value is -3.66. The zero-order valence-electron chi connectivity index (χ0n) is 18.7. The van der Waals surface area contributed by atoms with Crippen molar-refractivity contribution in [2.24, 2.45) is 0 Å². The highest BCUT2D eigenvalue weighted by molar-refractivity contribution is 5.97. The number of hydrogen-bond donors (Lipinski definition) is 2. The minimum Gasteiger partial charge on any atom is -0.382 e. The topological polar surface area (TPSA) is 93.4 Å². The van der Waals surface area contributed by atoms with E-state index in [2.05, 4.69) is 15.3 Å². The van der Waals surface area contributed by atoms with Gasteiger partial charge in [0, 0.05) is 30.8 Å². The summed E-state index contributed by atoms with van der Waals surface area (Å²) in [5.41, 5.74) is 6.58. The van der Waals surface area contributed by atoms with E-state index in [0.29, 0.717) is 30.2 Å². The van der Waals surface area contributed by atoms with Gasteiger partial charge in [0.15, 0.2) is 17.3 Å². The molecule has 1 aliphatic rings. The van der Waals surface area contributed by atoms with Crippen molar-refractivity contribution in [3.8, 4) is 11.3 Å². The van der Waals surface area contributed by atoms with Crippen molar-refractivity contribution >= 4 is 17.5 Å². The van der Waals surface area contributed by atoms with E-state index in [9.17, 15) is 18.0 Å². The average Bonchev–Trinajstić information content (AvgIpc) is 2.78. The molecule has 2 unspecified atom stereocenters. The predicted octanol–water partition coefficient (Wildman–Crippen LogP) is 3.69. The monoisotopic (exact) mass is 471 g/mol.